The molecule has 0 radical (unpaired) electrons. The van der Waals surface area contributed by atoms with Gasteiger partial charge in [-0.1, -0.05) is 45.3 Å². The lowest BCUT2D eigenvalue weighted by Gasteiger charge is -2.32. The topological polar surface area (TPSA) is 63.6 Å². The molecule has 21 heavy (non-hydrogen) atoms. The number of hydrogen-bond donors (Lipinski definition) is 1. The van der Waals surface area contributed by atoms with Crippen LogP contribution < -0.4 is 0 Å². The van der Waals surface area contributed by atoms with Crippen LogP contribution in [0.15, 0.2) is 12.2 Å². The molecule has 0 aromatic rings. The second-order valence-corrected chi connectivity index (χ2v) is 6.07. The van der Waals surface area contributed by atoms with Gasteiger partial charge in [0.15, 0.2) is 0 Å². The van der Waals surface area contributed by atoms with Gasteiger partial charge in [0.25, 0.3) is 0 Å². The van der Waals surface area contributed by atoms with Crippen molar-refractivity contribution in [2.45, 2.75) is 66.2 Å². The first-order valence-corrected chi connectivity index (χ1v) is 7.84. The molecular formula is C17H30O4. The lowest BCUT2D eigenvalue weighted by molar-refractivity contribution is -0.160. The van der Waals surface area contributed by atoms with Crippen molar-refractivity contribution in [3.8, 4) is 0 Å². The third-order valence-electron chi connectivity index (χ3n) is 3.66. The molecular weight excluding hydrogens is 268 g/mol. The second kappa shape index (κ2) is 10.4. The highest BCUT2D eigenvalue weighted by Crippen LogP contribution is 2.39. The number of hydrogen-bond acceptors (Lipinski definition) is 3. The minimum atomic E-state index is -0.869. The van der Waals surface area contributed by atoms with Crippen molar-refractivity contribution in [3.05, 3.63) is 12.2 Å². The van der Waals surface area contributed by atoms with Crippen LogP contribution in [0.1, 0.15) is 66.2 Å². The molecule has 0 atom stereocenters. The third kappa shape index (κ3) is 7.88. The van der Waals surface area contributed by atoms with Crippen LogP contribution in [0.5, 0.6) is 0 Å². The van der Waals surface area contributed by atoms with Gasteiger partial charge in [-0.3, -0.25) is 9.59 Å². The first-order chi connectivity index (χ1) is 9.88. The molecule has 0 aromatic heterocycles. The Kier molecular flexibility index (Phi) is 9.76. The van der Waals surface area contributed by atoms with Gasteiger partial charge in [-0.15, -0.1) is 0 Å². The summed E-state index contributed by atoms with van der Waals surface area (Å²) < 4.78 is 5.08. The first kappa shape index (κ1) is 19.7. The van der Waals surface area contributed by atoms with E-state index in [1.807, 2.05) is 39.8 Å². The van der Waals surface area contributed by atoms with Crippen molar-refractivity contribution in [1.82, 2.24) is 0 Å². The molecule has 1 aliphatic carbocycles. The van der Waals surface area contributed by atoms with Crippen molar-refractivity contribution in [1.29, 1.82) is 0 Å². The van der Waals surface area contributed by atoms with Gasteiger partial charge < -0.3 is 9.84 Å². The number of carbonyl (C=O) groups is 2. The molecule has 4 nitrogen and oxygen atoms in total. The summed E-state index contributed by atoms with van der Waals surface area (Å²) >= 11 is 0. The standard InChI is InChI=1S/C13H22O4.C4H8/c1-10(2)9-17-11(14)8-13(12(15)16)6-4-3-5-7-13;1-3-4-2/h10H,3-9H2,1-2H3,(H,15,16);3-4H,1-2H3/b;4-3-. The number of rotatable bonds is 5. The van der Waals surface area contributed by atoms with Gasteiger partial charge in [0, 0.05) is 0 Å². The molecule has 0 unspecified atom stereocenters. The Morgan fingerprint density at radius 1 is 1.14 bits per heavy atom. The van der Waals surface area contributed by atoms with E-state index in [-0.39, 0.29) is 18.3 Å². The lowest BCUT2D eigenvalue weighted by atomic mass is 9.72. The molecule has 1 saturated carbocycles. The Bertz CT molecular complexity index is 335. The summed E-state index contributed by atoms with van der Waals surface area (Å²) in [7, 11) is 0. The van der Waals surface area contributed by atoms with Gasteiger partial charge in [0.05, 0.1) is 18.4 Å². The summed E-state index contributed by atoms with van der Waals surface area (Å²) in [5.74, 6) is -0.937. The van der Waals surface area contributed by atoms with E-state index in [1.54, 1.807) is 0 Å². The lowest BCUT2D eigenvalue weighted by Crippen LogP contribution is -2.36. The zero-order valence-corrected chi connectivity index (χ0v) is 13.9. The molecule has 0 bridgehead atoms. The van der Waals surface area contributed by atoms with Crippen LogP contribution in [0.2, 0.25) is 0 Å². The van der Waals surface area contributed by atoms with Gasteiger partial charge >= 0.3 is 11.9 Å². The maximum absolute atomic E-state index is 11.6. The molecule has 122 valence electrons. The highest BCUT2D eigenvalue weighted by atomic mass is 16.5. The van der Waals surface area contributed by atoms with Crippen LogP contribution in [0.25, 0.3) is 0 Å². The number of aliphatic carboxylic acids is 1. The summed E-state index contributed by atoms with van der Waals surface area (Å²) in [6, 6.07) is 0. The van der Waals surface area contributed by atoms with E-state index in [4.69, 9.17) is 4.74 Å². The molecule has 1 aliphatic rings. The van der Waals surface area contributed by atoms with Crippen LogP contribution in [0.3, 0.4) is 0 Å². The number of allylic oxidation sites excluding steroid dienone is 2. The largest absolute Gasteiger partial charge is 0.481 e. The summed E-state index contributed by atoms with van der Waals surface area (Å²) in [5.41, 5.74) is -0.869. The van der Waals surface area contributed by atoms with Crippen LogP contribution in [0, 0.1) is 11.3 Å². The fourth-order valence-corrected chi connectivity index (χ4v) is 2.28. The van der Waals surface area contributed by atoms with E-state index in [9.17, 15) is 14.7 Å². The molecule has 0 amide bonds. The maximum Gasteiger partial charge on any atom is 0.310 e. The van der Waals surface area contributed by atoms with E-state index in [1.165, 1.54) is 0 Å². The van der Waals surface area contributed by atoms with Crippen molar-refractivity contribution in [2.75, 3.05) is 6.61 Å². The summed E-state index contributed by atoms with van der Waals surface area (Å²) in [5, 5.41) is 9.31. The van der Waals surface area contributed by atoms with Crippen LogP contribution in [0.4, 0.5) is 0 Å². The molecule has 1 rings (SSSR count). The normalized spacial score (nSPS) is 17.2. The summed E-state index contributed by atoms with van der Waals surface area (Å²) in [4.78, 5) is 23.0. The molecule has 1 N–H and O–H groups in total. The predicted molar refractivity (Wildman–Crippen MR) is 84.1 cm³/mol. The third-order valence-corrected chi connectivity index (χ3v) is 3.66. The zero-order valence-electron chi connectivity index (χ0n) is 13.9. The Morgan fingerprint density at radius 3 is 2.05 bits per heavy atom. The van der Waals surface area contributed by atoms with Crippen LogP contribution >= 0.6 is 0 Å². The molecule has 0 aliphatic heterocycles. The minimum absolute atomic E-state index is 0.0229. The van der Waals surface area contributed by atoms with E-state index in [2.05, 4.69) is 0 Å². The van der Waals surface area contributed by atoms with E-state index in [0.29, 0.717) is 19.4 Å². The van der Waals surface area contributed by atoms with Gasteiger partial charge in [0.2, 0.25) is 0 Å². The van der Waals surface area contributed by atoms with Gasteiger partial charge in [-0.05, 0) is 32.6 Å². The minimum Gasteiger partial charge on any atom is -0.481 e. The van der Waals surface area contributed by atoms with E-state index < -0.39 is 11.4 Å². The monoisotopic (exact) mass is 298 g/mol. The highest BCUT2D eigenvalue weighted by Gasteiger charge is 2.41. The predicted octanol–water partition coefficient (Wildman–Crippen LogP) is 4.19. The number of ether oxygens (including phenoxy) is 1. The number of carboxylic acid groups (broad SMARTS) is 1. The number of carboxylic acids is 1. The quantitative estimate of drug-likeness (QED) is 0.610. The fourth-order valence-electron chi connectivity index (χ4n) is 2.28. The average molecular weight is 298 g/mol. The van der Waals surface area contributed by atoms with Crippen LogP contribution in [-0.2, 0) is 14.3 Å². The van der Waals surface area contributed by atoms with Crippen LogP contribution in [-0.4, -0.2) is 23.7 Å². The Morgan fingerprint density at radius 2 is 1.67 bits per heavy atom. The molecule has 0 saturated heterocycles. The first-order valence-electron chi connectivity index (χ1n) is 7.84. The van der Waals surface area contributed by atoms with Crippen molar-refractivity contribution in [2.24, 2.45) is 11.3 Å². The zero-order chi connectivity index (χ0) is 16.3. The molecule has 0 aromatic carbocycles. The van der Waals surface area contributed by atoms with Crippen molar-refractivity contribution in [3.63, 3.8) is 0 Å². The van der Waals surface area contributed by atoms with Gasteiger partial charge in [-0.25, -0.2) is 0 Å². The highest BCUT2D eigenvalue weighted by molar-refractivity contribution is 5.82. The summed E-state index contributed by atoms with van der Waals surface area (Å²) in [6.07, 6.45) is 8.07. The maximum atomic E-state index is 11.6. The Balaban J connectivity index is 0.000000885. The number of esters is 1. The SMILES string of the molecule is C/C=C\C.CC(C)COC(=O)CC1(C(=O)O)CCCCC1. The van der Waals surface area contributed by atoms with Crippen molar-refractivity contribution >= 4 is 11.9 Å². The molecule has 0 heterocycles. The van der Waals surface area contributed by atoms with E-state index in [0.717, 1.165) is 19.3 Å². The second-order valence-electron chi connectivity index (χ2n) is 6.07. The Labute approximate surface area is 128 Å². The van der Waals surface area contributed by atoms with Gasteiger partial charge in [-0.2, -0.15) is 0 Å². The van der Waals surface area contributed by atoms with E-state index >= 15 is 0 Å². The molecule has 0 spiro atoms. The number of carbonyl (C=O) groups excluding carboxylic acids is 1. The Hall–Kier alpha value is -1.32. The molecule has 4 heteroatoms. The average Bonchev–Trinajstić information content (AvgIpc) is 2.46. The molecule has 1 fully saturated rings. The fraction of sp³-hybridized carbons (Fsp3) is 0.765. The van der Waals surface area contributed by atoms with Crippen molar-refractivity contribution < 1.29 is 19.4 Å². The summed E-state index contributed by atoms with van der Waals surface area (Å²) in [6.45, 7) is 8.29. The smallest absolute Gasteiger partial charge is 0.310 e. The van der Waals surface area contributed by atoms with Gasteiger partial charge in [0.1, 0.15) is 0 Å².